The maximum absolute atomic E-state index is 11.1. The number of benzene rings is 2. The molecule has 2 aromatic rings. The second-order valence-corrected chi connectivity index (χ2v) is 8.29. The number of hydrogen-bond donors (Lipinski definition) is 0. The molecule has 0 fully saturated rings. The Morgan fingerprint density at radius 3 is 1.57 bits per heavy atom. The van der Waals surface area contributed by atoms with Crippen LogP contribution in [0.25, 0.3) is 0 Å². The number of rotatable bonds is 3. The van der Waals surface area contributed by atoms with Gasteiger partial charge in [-0.15, -0.1) is 0 Å². The zero-order chi connectivity index (χ0) is 17.7. The Kier molecular flexibility index (Phi) is 12.7. The van der Waals surface area contributed by atoms with Gasteiger partial charge in [-0.25, -0.2) is 0 Å². The van der Waals surface area contributed by atoms with Crippen molar-refractivity contribution < 1.29 is 36.3 Å². The van der Waals surface area contributed by atoms with E-state index in [1.165, 1.54) is 0 Å². The molecule has 0 radical (unpaired) electrons. The molecule has 0 saturated heterocycles. The maximum atomic E-state index is 11.1. The Labute approximate surface area is 151 Å². The minimum atomic E-state index is -1.08. The van der Waals surface area contributed by atoms with Crippen molar-refractivity contribution in [3.8, 4) is 0 Å². The molecule has 2 rings (SSSR count). The molecule has 0 amide bonds. The summed E-state index contributed by atoms with van der Waals surface area (Å²) in [5, 5.41) is 8.89. The van der Waals surface area contributed by atoms with Crippen LogP contribution < -0.4 is 5.11 Å². The van der Waals surface area contributed by atoms with E-state index >= 15 is 0 Å². The van der Waals surface area contributed by atoms with Crippen LogP contribution in [0, 0.1) is 0 Å². The number of carbonyl (C=O) groups excluding carboxylic acids is 1. The van der Waals surface area contributed by atoms with E-state index in [1.807, 2.05) is 67.6 Å². The van der Waals surface area contributed by atoms with Crippen molar-refractivity contribution in [1.29, 1.82) is 0 Å². The predicted octanol–water partition coefficient (Wildman–Crippen LogP) is 1.83. The molecule has 0 aliphatic heterocycles. The molecule has 4 nitrogen and oxygen atoms in total. The first kappa shape index (κ1) is 21.9. The average Bonchev–Trinajstić information content (AvgIpc) is 2.56. The fourth-order valence-electron chi connectivity index (χ4n) is 1.26. The first-order chi connectivity index (χ1) is 10.9. The van der Waals surface area contributed by atoms with Gasteiger partial charge in [-0.3, -0.25) is 4.21 Å². The Hall–Kier alpha value is -1.13. The summed E-state index contributed by atoms with van der Waals surface area (Å²) in [5.74, 6) is -0.385. The summed E-state index contributed by atoms with van der Waals surface area (Å²) >= 11 is 2.70. The van der Waals surface area contributed by atoms with Crippen molar-refractivity contribution >= 4 is 25.4 Å². The molecule has 2 atom stereocenters. The number of aliphatic carboxylic acids is 1. The number of carboxylic acids is 1. The van der Waals surface area contributed by atoms with Gasteiger partial charge in [0.25, 0.3) is 0 Å². The molecule has 128 valence electrons. The molecule has 0 bridgehead atoms. The summed E-state index contributed by atoms with van der Waals surface area (Å²) in [7, 11) is -1.77. The third kappa shape index (κ3) is 12.0. The van der Waals surface area contributed by atoms with Crippen LogP contribution >= 0.6 is 0 Å². The van der Waals surface area contributed by atoms with Gasteiger partial charge in [0.1, 0.15) is 0 Å². The SMILES string of the molecule is CC(=O)[O-].CCS(=O)c1ccccc1.O=[S]([Pd+])c1ccccc1. The van der Waals surface area contributed by atoms with E-state index in [2.05, 4.69) is 17.9 Å². The van der Waals surface area contributed by atoms with Crippen LogP contribution in [-0.2, 0) is 42.2 Å². The van der Waals surface area contributed by atoms with Gasteiger partial charge in [0.2, 0.25) is 0 Å². The Morgan fingerprint density at radius 1 is 0.957 bits per heavy atom. The van der Waals surface area contributed by atoms with Crippen molar-refractivity contribution in [3.05, 3.63) is 60.7 Å². The van der Waals surface area contributed by atoms with E-state index in [4.69, 9.17) is 9.90 Å². The average molecular weight is 445 g/mol. The van der Waals surface area contributed by atoms with Gasteiger partial charge in [0.15, 0.2) is 0 Å². The van der Waals surface area contributed by atoms with E-state index < -0.39 is 25.4 Å². The van der Waals surface area contributed by atoms with E-state index in [0.29, 0.717) is 5.75 Å². The second-order valence-electron chi connectivity index (χ2n) is 3.95. The quantitative estimate of drug-likeness (QED) is 0.677. The molecule has 0 aliphatic rings. The summed E-state index contributed by atoms with van der Waals surface area (Å²) in [6.45, 7) is 2.89. The number of hydrogen-bond acceptors (Lipinski definition) is 4. The van der Waals surface area contributed by atoms with Crippen LogP contribution in [0.5, 0.6) is 0 Å². The molecule has 0 N–H and O–H groups in total. The zero-order valence-corrected chi connectivity index (χ0v) is 15.9. The fourth-order valence-corrected chi connectivity index (χ4v) is 3.04. The fraction of sp³-hybridized carbons (Fsp3) is 0.188. The second kappa shape index (κ2) is 13.3. The van der Waals surface area contributed by atoms with Gasteiger partial charge in [-0.2, -0.15) is 0 Å². The standard InChI is InChI=1S/C8H10OS.C6H5OS.C2H4O2.Pd/c1-2-10(9)8-6-4-3-5-7-8;7-8-6-4-2-1-3-5-6;1-2(3)4;/h3-7H,2H2,1H3;1-5H;1H3,(H,3,4);/q;+1;;/p-1. The molecule has 2 unspecified atom stereocenters. The van der Waals surface area contributed by atoms with Gasteiger partial charge in [0.05, 0.1) is 10.8 Å². The van der Waals surface area contributed by atoms with E-state index in [1.54, 1.807) is 0 Å². The first-order valence-electron chi connectivity index (χ1n) is 6.60. The van der Waals surface area contributed by atoms with Crippen LogP contribution in [0.4, 0.5) is 0 Å². The predicted molar refractivity (Wildman–Crippen MR) is 86.9 cm³/mol. The molecule has 0 aromatic heterocycles. The minimum absolute atomic E-state index is 0.698. The van der Waals surface area contributed by atoms with Crippen LogP contribution in [0.2, 0.25) is 0 Å². The van der Waals surface area contributed by atoms with Crippen molar-refractivity contribution in [1.82, 2.24) is 0 Å². The molecule has 0 heterocycles. The number of carboxylic acid groups (broad SMARTS) is 1. The van der Waals surface area contributed by atoms with Crippen molar-refractivity contribution in [2.75, 3.05) is 5.75 Å². The third-order valence-electron chi connectivity index (χ3n) is 2.18. The van der Waals surface area contributed by atoms with Crippen LogP contribution in [-0.4, -0.2) is 20.1 Å². The summed E-state index contributed by atoms with van der Waals surface area (Å²) < 4.78 is 21.8. The van der Waals surface area contributed by atoms with Gasteiger partial charge in [-0.1, -0.05) is 25.1 Å². The summed E-state index contributed by atoms with van der Waals surface area (Å²) in [5.41, 5.74) is 0. The summed E-state index contributed by atoms with van der Waals surface area (Å²) in [6, 6.07) is 18.8. The van der Waals surface area contributed by atoms with E-state index in [0.717, 1.165) is 16.7 Å². The number of carbonyl (C=O) groups is 1. The van der Waals surface area contributed by atoms with Gasteiger partial charge in [0, 0.05) is 16.6 Å². The molecular weight excluding hydrogens is 427 g/mol. The van der Waals surface area contributed by atoms with Crippen molar-refractivity contribution in [2.24, 2.45) is 0 Å². The topological polar surface area (TPSA) is 74.3 Å². The summed E-state index contributed by atoms with van der Waals surface area (Å²) in [6.07, 6.45) is 0. The van der Waals surface area contributed by atoms with E-state index in [-0.39, 0.29) is 0 Å². The van der Waals surface area contributed by atoms with Crippen LogP contribution in [0.1, 0.15) is 13.8 Å². The molecular formula is C16H18O4PdS2. The van der Waals surface area contributed by atoms with Crippen LogP contribution in [0.15, 0.2) is 70.5 Å². The normalized spacial score (nSPS) is 11.8. The molecule has 0 spiro atoms. The monoisotopic (exact) mass is 444 g/mol. The Bertz CT molecular complexity index is 614. The zero-order valence-electron chi connectivity index (χ0n) is 12.7. The summed E-state index contributed by atoms with van der Waals surface area (Å²) in [4.78, 5) is 10.6. The molecule has 2 aromatic carbocycles. The van der Waals surface area contributed by atoms with Gasteiger partial charge in [-0.05, 0) is 19.1 Å². The molecule has 0 aliphatic carbocycles. The van der Waals surface area contributed by atoms with Crippen molar-refractivity contribution in [3.63, 3.8) is 0 Å². The van der Waals surface area contributed by atoms with E-state index in [9.17, 15) is 8.42 Å². The van der Waals surface area contributed by atoms with Gasteiger partial charge < -0.3 is 9.90 Å². The Morgan fingerprint density at radius 2 is 1.30 bits per heavy atom. The third-order valence-corrected chi connectivity index (χ3v) is 5.22. The van der Waals surface area contributed by atoms with Crippen molar-refractivity contribution in [2.45, 2.75) is 23.6 Å². The first-order valence-corrected chi connectivity index (χ1v) is 10.8. The Balaban J connectivity index is 0.000000345. The molecule has 0 saturated carbocycles. The van der Waals surface area contributed by atoms with Gasteiger partial charge >= 0.3 is 66.0 Å². The molecule has 7 heteroatoms. The van der Waals surface area contributed by atoms with Crippen LogP contribution in [0.3, 0.4) is 0 Å². The molecule has 23 heavy (non-hydrogen) atoms.